The van der Waals surface area contributed by atoms with Crippen molar-refractivity contribution in [3.63, 3.8) is 0 Å². The molecule has 0 radical (unpaired) electrons. The summed E-state index contributed by atoms with van der Waals surface area (Å²) < 4.78 is 5.72. The van der Waals surface area contributed by atoms with E-state index in [4.69, 9.17) is 4.74 Å². The second kappa shape index (κ2) is 10.1. The maximum atomic E-state index is 12.2. The second-order valence-electron chi connectivity index (χ2n) is 5.86. The minimum atomic E-state index is -0.179. The number of rotatable bonds is 9. The third kappa shape index (κ3) is 6.47. The van der Waals surface area contributed by atoms with Crippen LogP contribution in [0.1, 0.15) is 26.7 Å². The fourth-order valence-electron chi connectivity index (χ4n) is 2.31. The summed E-state index contributed by atoms with van der Waals surface area (Å²) in [5, 5.41) is 8.61. The molecule has 0 aliphatic heterocycles. The molecule has 2 rings (SSSR count). The second-order valence-corrected chi connectivity index (χ2v) is 5.86. The summed E-state index contributed by atoms with van der Waals surface area (Å²) in [5.74, 6) is 0.350. The quantitative estimate of drug-likeness (QED) is 0.597. The lowest BCUT2D eigenvalue weighted by Gasteiger charge is -2.13. The molecule has 0 aromatic heterocycles. The van der Waals surface area contributed by atoms with Crippen molar-refractivity contribution in [3.05, 3.63) is 48.5 Å². The fraction of sp³-hybridized carbons (Fsp3) is 0.300. The van der Waals surface area contributed by atoms with Gasteiger partial charge in [0.1, 0.15) is 5.75 Å². The fourth-order valence-corrected chi connectivity index (χ4v) is 2.31. The first-order valence-corrected chi connectivity index (χ1v) is 8.71. The Balaban J connectivity index is 1.90. The third-order valence-corrected chi connectivity index (χ3v) is 3.55. The molecule has 3 N–H and O–H groups in total. The van der Waals surface area contributed by atoms with Crippen LogP contribution >= 0.6 is 0 Å². The van der Waals surface area contributed by atoms with Crippen LogP contribution < -0.4 is 20.7 Å². The Morgan fingerprint density at radius 1 is 1.00 bits per heavy atom. The van der Waals surface area contributed by atoms with Gasteiger partial charge in [0.25, 0.3) is 0 Å². The molecule has 0 fully saturated rings. The number of ether oxygens (including phenoxy) is 1. The lowest BCUT2D eigenvalue weighted by Crippen LogP contribution is -2.22. The summed E-state index contributed by atoms with van der Waals surface area (Å²) in [5.41, 5.74) is 2.08. The molecule has 0 heterocycles. The molecule has 2 amide bonds. The van der Waals surface area contributed by atoms with E-state index in [2.05, 4.69) is 22.9 Å². The van der Waals surface area contributed by atoms with Crippen molar-refractivity contribution in [1.29, 1.82) is 0 Å². The lowest BCUT2D eigenvalue weighted by molar-refractivity contribution is -0.115. The van der Waals surface area contributed by atoms with Gasteiger partial charge in [0, 0.05) is 18.3 Å². The molecule has 2 aromatic carbocycles. The summed E-state index contributed by atoms with van der Waals surface area (Å²) in [7, 11) is 0. The predicted molar refractivity (Wildman–Crippen MR) is 105 cm³/mol. The van der Waals surface area contributed by atoms with Crippen LogP contribution in [0.15, 0.2) is 48.5 Å². The smallest absolute Gasteiger partial charge is 0.243 e. The Hall–Kier alpha value is -3.02. The number of anilines is 3. The monoisotopic (exact) mass is 355 g/mol. The largest absolute Gasteiger partial charge is 0.491 e. The molecule has 6 nitrogen and oxygen atoms in total. The molecular formula is C20H25N3O3. The van der Waals surface area contributed by atoms with E-state index in [1.54, 1.807) is 12.1 Å². The van der Waals surface area contributed by atoms with Crippen molar-refractivity contribution in [2.24, 2.45) is 0 Å². The third-order valence-electron chi connectivity index (χ3n) is 3.55. The molecule has 0 unspecified atom stereocenters. The number of para-hydroxylation sites is 2. The minimum Gasteiger partial charge on any atom is -0.491 e. The minimum absolute atomic E-state index is 0.104. The number of carbonyl (C=O) groups is 2. The first kappa shape index (κ1) is 19.3. The van der Waals surface area contributed by atoms with E-state index in [-0.39, 0.29) is 18.4 Å². The molecule has 0 saturated heterocycles. The summed E-state index contributed by atoms with van der Waals surface area (Å²) in [6.45, 7) is 4.28. The molecule has 0 aliphatic rings. The number of carbonyl (C=O) groups excluding carboxylic acids is 2. The number of unbranched alkanes of at least 4 members (excludes halogenated alkanes) is 1. The Morgan fingerprint density at radius 3 is 2.54 bits per heavy atom. The van der Waals surface area contributed by atoms with E-state index in [9.17, 15) is 9.59 Å². The van der Waals surface area contributed by atoms with Crippen LogP contribution in [-0.2, 0) is 9.59 Å². The standard InChI is InChI=1S/C20H25N3O3/c1-3-4-12-26-19-11-6-5-10-18(19)23-20(25)14-21-16-8-7-9-17(13-16)22-15(2)24/h5-11,13,21H,3-4,12,14H2,1-2H3,(H,22,24)(H,23,25). The van der Waals surface area contributed by atoms with Crippen molar-refractivity contribution in [2.45, 2.75) is 26.7 Å². The highest BCUT2D eigenvalue weighted by molar-refractivity contribution is 5.95. The van der Waals surface area contributed by atoms with Crippen molar-refractivity contribution in [1.82, 2.24) is 0 Å². The summed E-state index contributed by atoms with van der Waals surface area (Å²) in [6.07, 6.45) is 2.02. The average molecular weight is 355 g/mol. The zero-order valence-corrected chi connectivity index (χ0v) is 15.2. The van der Waals surface area contributed by atoms with Crippen molar-refractivity contribution in [3.8, 4) is 5.75 Å². The summed E-state index contributed by atoms with van der Waals surface area (Å²) in [4.78, 5) is 23.3. The number of nitrogens with one attached hydrogen (secondary N) is 3. The van der Waals surface area contributed by atoms with Gasteiger partial charge in [-0.2, -0.15) is 0 Å². The van der Waals surface area contributed by atoms with Crippen LogP contribution in [0.5, 0.6) is 5.75 Å². The Morgan fingerprint density at radius 2 is 1.77 bits per heavy atom. The maximum absolute atomic E-state index is 12.2. The van der Waals surface area contributed by atoms with E-state index < -0.39 is 0 Å². The Bertz CT molecular complexity index is 747. The van der Waals surface area contributed by atoms with Gasteiger partial charge in [-0.25, -0.2) is 0 Å². The van der Waals surface area contributed by atoms with Gasteiger partial charge < -0.3 is 20.7 Å². The molecule has 6 heteroatoms. The number of amides is 2. The van der Waals surface area contributed by atoms with Crippen LogP contribution in [0, 0.1) is 0 Å². The van der Waals surface area contributed by atoms with Gasteiger partial charge in [0.15, 0.2) is 0 Å². The summed E-state index contributed by atoms with van der Waals surface area (Å²) >= 11 is 0. The molecule has 0 spiro atoms. The highest BCUT2D eigenvalue weighted by Gasteiger charge is 2.08. The average Bonchev–Trinajstić information content (AvgIpc) is 2.61. The van der Waals surface area contributed by atoms with E-state index >= 15 is 0 Å². The first-order valence-electron chi connectivity index (χ1n) is 8.71. The SMILES string of the molecule is CCCCOc1ccccc1NC(=O)CNc1cccc(NC(C)=O)c1. The topological polar surface area (TPSA) is 79.5 Å². The van der Waals surface area contributed by atoms with Crippen molar-refractivity contribution >= 4 is 28.9 Å². The van der Waals surface area contributed by atoms with E-state index in [0.717, 1.165) is 18.5 Å². The van der Waals surface area contributed by atoms with Gasteiger partial charge in [0.05, 0.1) is 18.8 Å². The molecule has 0 bridgehead atoms. The zero-order valence-electron chi connectivity index (χ0n) is 15.2. The Labute approximate surface area is 153 Å². The van der Waals surface area contributed by atoms with Crippen LogP contribution in [0.4, 0.5) is 17.1 Å². The van der Waals surface area contributed by atoms with Crippen LogP contribution in [0.2, 0.25) is 0 Å². The highest BCUT2D eigenvalue weighted by Crippen LogP contribution is 2.24. The van der Waals surface area contributed by atoms with E-state index in [1.807, 2.05) is 36.4 Å². The zero-order chi connectivity index (χ0) is 18.8. The van der Waals surface area contributed by atoms with Gasteiger partial charge >= 0.3 is 0 Å². The van der Waals surface area contributed by atoms with Gasteiger partial charge in [0.2, 0.25) is 11.8 Å². The molecule has 0 saturated carbocycles. The lowest BCUT2D eigenvalue weighted by atomic mass is 10.2. The molecule has 0 aliphatic carbocycles. The highest BCUT2D eigenvalue weighted by atomic mass is 16.5. The van der Waals surface area contributed by atoms with Crippen LogP contribution in [0.3, 0.4) is 0 Å². The normalized spacial score (nSPS) is 10.1. The van der Waals surface area contributed by atoms with Gasteiger partial charge in [-0.1, -0.05) is 31.5 Å². The number of hydrogen-bond acceptors (Lipinski definition) is 4. The van der Waals surface area contributed by atoms with E-state index in [0.29, 0.717) is 23.7 Å². The molecule has 0 atom stereocenters. The van der Waals surface area contributed by atoms with E-state index in [1.165, 1.54) is 6.92 Å². The number of benzene rings is 2. The van der Waals surface area contributed by atoms with Gasteiger partial charge in [-0.05, 0) is 36.8 Å². The summed E-state index contributed by atoms with van der Waals surface area (Å²) in [6, 6.07) is 14.6. The van der Waals surface area contributed by atoms with Crippen LogP contribution in [0.25, 0.3) is 0 Å². The molecular weight excluding hydrogens is 330 g/mol. The Kier molecular flexibility index (Phi) is 7.49. The molecule has 2 aromatic rings. The van der Waals surface area contributed by atoms with Crippen molar-refractivity contribution < 1.29 is 14.3 Å². The van der Waals surface area contributed by atoms with Gasteiger partial charge in [-0.3, -0.25) is 9.59 Å². The van der Waals surface area contributed by atoms with Crippen molar-refractivity contribution in [2.75, 3.05) is 29.1 Å². The van der Waals surface area contributed by atoms with Gasteiger partial charge in [-0.15, -0.1) is 0 Å². The number of hydrogen-bond donors (Lipinski definition) is 3. The molecule has 138 valence electrons. The molecule has 26 heavy (non-hydrogen) atoms. The predicted octanol–water partition coefficient (Wildman–Crippen LogP) is 3.87. The van der Waals surface area contributed by atoms with Crippen LogP contribution in [-0.4, -0.2) is 25.0 Å². The maximum Gasteiger partial charge on any atom is 0.243 e. The first-order chi connectivity index (χ1) is 12.6.